The third kappa shape index (κ3) is 61.6. The zero-order valence-electron chi connectivity index (χ0n) is 49.8. The minimum absolute atomic E-state index is 0.0824. The second-order valence-corrected chi connectivity index (χ2v) is 21.7. The number of hydrogen-bond donors (Lipinski definition) is 0. The zero-order chi connectivity index (χ0) is 54.3. The normalized spacial score (nSPS) is 12.5. The van der Waals surface area contributed by atoms with Crippen molar-refractivity contribution in [1.82, 2.24) is 0 Å². The van der Waals surface area contributed by atoms with Crippen molar-refractivity contribution in [2.45, 2.75) is 335 Å². The third-order valence-corrected chi connectivity index (χ3v) is 14.2. The van der Waals surface area contributed by atoms with Crippen LogP contribution in [0.3, 0.4) is 0 Å². The topological polar surface area (TPSA) is 78.9 Å². The minimum atomic E-state index is -0.788. The van der Waals surface area contributed by atoms with Crippen molar-refractivity contribution in [2.75, 3.05) is 13.2 Å². The number of hydrogen-bond acceptors (Lipinski definition) is 6. The van der Waals surface area contributed by atoms with Crippen molar-refractivity contribution in [3.05, 3.63) is 72.9 Å². The van der Waals surface area contributed by atoms with E-state index in [0.29, 0.717) is 19.3 Å². The number of carbonyl (C=O) groups excluding carboxylic acids is 3. The lowest BCUT2D eigenvalue weighted by Gasteiger charge is -2.18. The predicted molar refractivity (Wildman–Crippen MR) is 325 cm³/mol. The molecule has 0 bridgehead atoms. The summed E-state index contributed by atoms with van der Waals surface area (Å²) in [6, 6.07) is 0. The lowest BCUT2D eigenvalue weighted by atomic mass is 10.0. The smallest absolute Gasteiger partial charge is 0.306 e. The molecule has 0 fully saturated rings. The Hall–Kier alpha value is -3.15. The Labute approximate surface area is 465 Å². The van der Waals surface area contributed by atoms with Crippen molar-refractivity contribution >= 4 is 17.9 Å². The summed E-state index contributed by atoms with van der Waals surface area (Å²) in [5, 5.41) is 0. The van der Waals surface area contributed by atoms with E-state index in [2.05, 4.69) is 93.7 Å². The van der Waals surface area contributed by atoms with Crippen molar-refractivity contribution in [3.8, 4) is 0 Å². The second-order valence-electron chi connectivity index (χ2n) is 21.7. The van der Waals surface area contributed by atoms with Crippen LogP contribution in [0.15, 0.2) is 72.9 Å². The SMILES string of the molecule is CCCCC/C=C\C/C=C\C/C=C\CCCCCCCCC(=O)OC(COC(=O)CCCCCCCC/C=C\C/C=C\C/C=C\CCCCCCC)COC(=O)CCCCCCCCCCCCCCCCCCC. The lowest BCUT2D eigenvalue weighted by Crippen LogP contribution is -2.30. The molecule has 0 N–H and O–H groups in total. The Morgan fingerprint density at radius 3 is 0.773 bits per heavy atom. The summed E-state index contributed by atoms with van der Waals surface area (Å²) in [6.45, 7) is 6.62. The number of unbranched alkanes of at least 4 members (excludes halogenated alkanes) is 36. The molecule has 0 aromatic rings. The number of ether oxygens (including phenoxy) is 3. The van der Waals surface area contributed by atoms with E-state index in [0.717, 1.165) is 103 Å². The summed E-state index contributed by atoms with van der Waals surface area (Å²) < 4.78 is 16.9. The average Bonchev–Trinajstić information content (AvgIpc) is 3.41. The number of allylic oxidation sites excluding steroid dienone is 12. The van der Waals surface area contributed by atoms with Gasteiger partial charge in [0.15, 0.2) is 6.10 Å². The van der Waals surface area contributed by atoms with E-state index < -0.39 is 6.10 Å². The first kappa shape index (κ1) is 71.8. The molecule has 0 saturated carbocycles. The molecule has 0 amide bonds. The van der Waals surface area contributed by atoms with E-state index in [-0.39, 0.29) is 31.1 Å². The van der Waals surface area contributed by atoms with Crippen molar-refractivity contribution in [2.24, 2.45) is 0 Å². The molecule has 0 heterocycles. The van der Waals surface area contributed by atoms with Crippen LogP contribution in [-0.4, -0.2) is 37.2 Å². The first-order chi connectivity index (χ1) is 37.0. The Morgan fingerprint density at radius 2 is 0.480 bits per heavy atom. The fraction of sp³-hybridized carbons (Fsp3) is 0.783. The van der Waals surface area contributed by atoms with E-state index in [4.69, 9.17) is 14.2 Å². The highest BCUT2D eigenvalue weighted by Gasteiger charge is 2.19. The van der Waals surface area contributed by atoms with Gasteiger partial charge in [-0.2, -0.15) is 0 Å². The van der Waals surface area contributed by atoms with Gasteiger partial charge in [-0.1, -0.05) is 286 Å². The summed E-state index contributed by atoms with van der Waals surface area (Å²) >= 11 is 0. The van der Waals surface area contributed by atoms with Crippen LogP contribution in [-0.2, 0) is 28.6 Å². The van der Waals surface area contributed by atoms with Crippen molar-refractivity contribution in [1.29, 1.82) is 0 Å². The summed E-state index contributed by atoms with van der Waals surface area (Å²) in [7, 11) is 0. The molecule has 0 aliphatic heterocycles. The first-order valence-corrected chi connectivity index (χ1v) is 32.4. The maximum absolute atomic E-state index is 12.9. The van der Waals surface area contributed by atoms with E-state index >= 15 is 0 Å². The van der Waals surface area contributed by atoms with Crippen LogP contribution in [0.25, 0.3) is 0 Å². The fourth-order valence-electron chi connectivity index (χ4n) is 9.28. The Morgan fingerprint density at radius 1 is 0.267 bits per heavy atom. The molecule has 0 aliphatic carbocycles. The van der Waals surface area contributed by atoms with Gasteiger partial charge in [0.25, 0.3) is 0 Å². The lowest BCUT2D eigenvalue weighted by molar-refractivity contribution is -0.167. The van der Waals surface area contributed by atoms with Crippen LogP contribution in [0.5, 0.6) is 0 Å². The molecular weight excluding hydrogens is 925 g/mol. The first-order valence-electron chi connectivity index (χ1n) is 32.4. The molecular formula is C69H122O6. The van der Waals surface area contributed by atoms with Gasteiger partial charge in [0.2, 0.25) is 0 Å². The molecule has 0 aromatic carbocycles. The van der Waals surface area contributed by atoms with E-state index in [1.807, 2.05) is 0 Å². The molecule has 0 saturated heterocycles. The second kappa shape index (κ2) is 63.4. The molecule has 0 rings (SSSR count). The molecule has 0 aliphatic rings. The van der Waals surface area contributed by atoms with Crippen LogP contribution in [0, 0.1) is 0 Å². The Bertz CT molecular complexity index is 1390. The summed E-state index contributed by atoms with van der Waals surface area (Å²) in [6.07, 6.45) is 81.8. The fourth-order valence-corrected chi connectivity index (χ4v) is 9.28. The average molecular weight is 1050 g/mol. The maximum atomic E-state index is 12.9. The Kier molecular flexibility index (Phi) is 60.7. The van der Waals surface area contributed by atoms with E-state index in [1.165, 1.54) is 186 Å². The van der Waals surface area contributed by atoms with Crippen LogP contribution in [0.4, 0.5) is 0 Å². The molecule has 0 spiro atoms. The molecule has 0 aromatic heterocycles. The van der Waals surface area contributed by atoms with Crippen molar-refractivity contribution < 1.29 is 28.6 Å². The highest BCUT2D eigenvalue weighted by molar-refractivity contribution is 5.71. The minimum Gasteiger partial charge on any atom is -0.462 e. The van der Waals surface area contributed by atoms with Crippen LogP contribution in [0.2, 0.25) is 0 Å². The number of carbonyl (C=O) groups is 3. The quantitative estimate of drug-likeness (QED) is 0.0261. The highest BCUT2D eigenvalue weighted by Crippen LogP contribution is 2.16. The largest absolute Gasteiger partial charge is 0.462 e. The van der Waals surface area contributed by atoms with Gasteiger partial charge in [-0.3, -0.25) is 14.4 Å². The van der Waals surface area contributed by atoms with Crippen molar-refractivity contribution in [3.63, 3.8) is 0 Å². The Balaban J connectivity index is 4.41. The van der Waals surface area contributed by atoms with Gasteiger partial charge < -0.3 is 14.2 Å². The number of esters is 3. The maximum Gasteiger partial charge on any atom is 0.306 e. The van der Waals surface area contributed by atoms with Crippen LogP contribution in [0.1, 0.15) is 329 Å². The van der Waals surface area contributed by atoms with E-state index in [1.54, 1.807) is 0 Å². The van der Waals surface area contributed by atoms with Crippen LogP contribution >= 0.6 is 0 Å². The predicted octanol–water partition coefficient (Wildman–Crippen LogP) is 22.1. The van der Waals surface area contributed by atoms with Gasteiger partial charge >= 0.3 is 17.9 Å². The molecule has 6 nitrogen and oxygen atoms in total. The third-order valence-electron chi connectivity index (χ3n) is 14.2. The van der Waals surface area contributed by atoms with Gasteiger partial charge in [-0.05, 0) is 96.3 Å². The van der Waals surface area contributed by atoms with Gasteiger partial charge in [-0.25, -0.2) is 0 Å². The standard InChI is InChI=1S/C69H122O6/c1-4-7-10-13-16-19-22-25-28-31-33-34-36-38-41-44-47-50-53-56-59-62-68(71)74-65-66(64-73-67(70)61-58-55-52-49-46-43-40-37-30-27-24-21-18-15-12-9-6-3)75-69(72)63-60-57-54-51-48-45-42-39-35-32-29-26-23-20-17-14-11-8-5-2/h17,20,22,25-26,29,31,33,35-36,38-39,66H,4-16,18-19,21,23-24,27-28,30,32,34,37,40-65H2,1-3H3/b20-17-,25-22-,29-26-,33-31-,38-36-,39-35-. The van der Waals surface area contributed by atoms with Gasteiger partial charge in [0.05, 0.1) is 0 Å². The molecule has 75 heavy (non-hydrogen) atoms. The molecule has 0 radical (unpaired) electrons. The zero-order valence-corrected chi connectivity index (χ0v) is 49.8. The van der Waals surface area contributed by atoms with Gasteiger partial charge in [0.1, 0.15) is 13.2 Å². The summed E-state index contributed by atoms with van der Waals surface area (Å²) in [5.74, 6) is -0.891. The van der Waals surface area contributed by atoms with Gasteiger partial charge in [-0.15, -0.1) is 0 Å². The molecule has 434 valence electrons. The summed E-state index contributed by atoms with van der Waals surface area (Å²) in [5.41, 5.74) is 0. The molecule has 1 unspecified atom stereocenters. The molecule has 6 heteroatoms. The number of rotatable bonds is 59. The highest BCUT2D eigenvalue weighted by atomic mass is 16.6. The summed E-state index contributed by atoms with van der Waals surface area (Å²) in [4.78, 5) is 38.4. The van der Waals surface area contributed by atoms with Crippen LogP contribution < -0.4 is 0 Å². The molecule has 1 atom stereocenters. The monoisotopic (exact) mass is 1050 g/mol. The van der Waals surface area contributed by atoms with Gasteiger partial charge in [0, 0.05) is 19.3 Å². The van der Waals surface area contributed by atoms with E-state index in [9.17, 15) is 14.4 Å².